The zero-order valence-electron chi connectivity index (χ0n) is 25.3. The Labute approximate surface area is 264 Å². The Morgan fingerprint density at radius 2 is 1.20 bits per heavy atom. The Morgan fingerprint density at radius 1 is 0.717 bits per heavy atom. The number of amides is 4. The van der Waals surface area contributed by atoms with E-state index < -0.39 is 60.2 Å². The first-order chi connectivity index (χ1) is 22.1. The normalized spacial score (nSPS) is 13.9. The maximum absolute atomic E-state index is 14.0. The first-order valence-corrected chi connectivity index (χ1v) is 15.0. The molecule has 4 rings (SSSR count). The van der Waals surface area contributed by atoms with Crippen LogP contribution in [0.2, 0.25) is 0 Å². The van der Waals surface area contributed by atoms with E-state index in [1.807, 2.05) is 48.5 Å². The van der Waals surface area contributed by atoms with Crippen LogP contribution in [0.1, 0.15) is 36.8 Å². The van der Waals surface area contributed by atoms with Crippen molar-refractivity contribution in [2.45, 2.75) is 62.7 Å². The standard InChI is InChI=1S/C32H40N8O6/c33-12-6-5-9-22(34)29(42)38-25(13-18-16-36-23-10-3-1-7-20(18)23)30(43)39-26(31(44)40-27(32(45)46)15-28(35)41)14-19-17-37-24-11-4-2-8-21(19)24/h1-4,7-8,10-11,16-17,22,25-27,36-37H,5-6,9,12-15,33-34H2,(H2,35,41)(H,38,42)(H,39,43)(H,40,44)(H,45,46). The molecule has 0 saturated heterocycles. The van der Waals surface area contributed by atoms with Gasteiger partial charge in [0.05, 0.1) is 12.5 Å². The molecule has 0 spiro atoms. The van der Waals surface area contributed by atoms with E-state index in [1.54, 1.807) is 12.4 Å². The molecule has 0 aliphatic heterocycles. The van der Waals surface area contributed by atoms with Crippen LogP contribution in [-0.4, -0.2) is 75.4 Å². The minimum Gasteiger partial charge on any atom is -0.480 e. The van der Waals surface area contributed by atoms with Crippen molar-refractivity contribution in [1.29, 1.82) is 0 Å². The Bertz CT molecular complexity index is 1700. The van der Waals surface area contributed by atoms with Crippen molar-refractivity contribution >= 4 is 51.4 Å². The number of nitrogens with two attached hydrogens (primary N) is 3. The van der Waals surface area contributed by atoms with Gasteiger partial charge in [0.1, 0.15) is 18.1 Å². The van der Waals surface area contributed by atoms with E-state index >= 15 is 0 Å². The van der Waals surface area contributed by atoms with E-state index in [0.29, 0.717) is 31.4 Å². The lowest BCUT2D eigenvalue weighted by Gasteiger charge is -2.25. The predicted molar refractivity (Wildman–Crippen MR) is 172 cm³/mol. The number of benzene rings is 2. The molecule has 2 aromatic heterocycles. The number of hydrogen-bond donors (Lipinski definition) is 9. The topological polar surface area (TPSA) is 251 Å². The molecule has 2 heterocycles. The smallest absolute Gasteiger partial charge is 0.326 e. The average molecular weight is 633 g/mol. The predicted octanol–water partition coefficient (Wildman–Crippen LogP) is 0.305. The Hall–Kier alpha value is -5.21. The lowest BCUT2D eigenvalue weighted by atomic mass is 10.0. The van der Waals surface area contributed by atoms with Crippen LogP contribution in [0.25, 0.3) is 21.8 Å². The number of para-hydroxylation sites is 2. The van der Waals surface area contributed by atoms with Crippen molar-refractivity contribution in [2.24, 2.45) is 17.2 Å². The number of carbonyl (C=O) groups is 5. The summed E-state index contributed by atoms with van der Waals surface area (Å²) in [7, 11) is 0. The Morgan fingerprint density at radius 3 is 1.67 bits per heavy atom. The van der Waals surface area contributed by atoms with E-state index in [2.05, 4.69) is 25.9 Å². The summed E-state index contributed by atoms with van der Waals surface area (Å²) >= 11 is 0. The molecule has 12 N–H and O–H groups in total. The van der Waals surface area contributed by atoms with Gasteiger partial charge in [-0.25, -0.2) is 4.79 Å². The highest BCUT2D eigenvalue weighted by Crippen LogP contribution is 2.21. The van der Waals surface area contributed by atoms with Gasteiger partial charge in [-0.3, -0.25) is 19.2 Å². The summed E-state index contributed by atoms with van der Waals surface area (Å²) < 4.78 is 0. The first kappa shape index (κ1) is 33.7. The van der Waals surface area contributed by atoms with Crippen LogP contribution in [0, 0.1) is 0 Å². The largest absolute Gasteiger partial charge is 0.480 e. The molecular formula is C32H40N8O6. The summed E-state index contributed by atoms with van der Waals surface area (Å²) in [6.45, 7) is 0.460. The van der Waals surface area contributed by atoms with E-state index in [4.69, 9.17) is 17.2 Å². The second-order valence-electron chi connectivity index (χ2n) is 11.2. The number of carbonyl (C=O) groups excluding carboxylic acids is 4. The van der Waals surface area contributed by atoms with Gasteiger partial charge in [0.25, 0.3) is 0 Å². The quantitative estimate of drug-likeness (QED) is 0.0731. The number of aliphatic carboxylic acids is 1. The van der Waals surface area contributed by atoms with Crippen LogP contribution < -0.4 is 33.2 Å². The number of nitrogens with one attached hydrogen (secondary N) is 5. The second-order valence-corrected chi connectivity index (χ2v) is 11.2. The third-order valence-corrected chi connectivity index (χ3v) is 7.79. The molecule has 0 bridgehead atoms. The molecule has 4 aromatic rings. The summed E-state index contributed by atoms with van der Waals surface area (Å²) in [6.07, 6.45) is 4.53. The first-order valence-electron chi connectivity index (χ1n) is 15.0. The van der Waals surface area contributed by atoms with Gasteiger partial charge in [0, 0.05) is 47.0 Å². The number of primary amides is 1. The molecule has 244 valence electrons. The van der Waals surface area contributed by atoms with E-state index in [9.17, 15) is 29.1 Å². The highest BCUT2D eigenvalue weighted by molar-refractivity contribution is 5.96. The number of aromatic nitrogens is 2. The molecule has 0 fully saturated rings. The fraction of sp³-hybridized carbons (Fsp3) is 0.344. The summed E-state index contributed by atoms with van der Waals surface area (Å²) in [6, 6.07) is 9.91. The van der Waals surface area contributed by atoms with Crippen molar-refractivity contribution in [3.63, 3.8) is 0 Å². The number of H-pyrrole nitrogens is 2. The SMILES string of the molecule is NCCCCC(N)C(=O)NC(Cc1c[nH]c2ccccc12)C(=O)NC(Cc1c[nH]c2ccccc12)C(=O)NC(CC(N)=O)C(=O)O. The molecule has 14 heteroatoms. The Balaban J connectivity index is 1.63. The number of aromatic amines is 2. The molecule has 0 aliphatic rings. The third kappa shape index (κ3) is 8.70. The minimum atomic E-state index is -1.61. The van der Waals surface area contributed by atoms with E-state index in [0.717, 1.165) is 27.4 Å². The van der Waals surface area contributed by atoms with Crippen LogP contribution in [0.5, 0.6) is 0 Å². The number of rotatable bonds is 17. The van der Waals surface area contributed by atoms with Crippen molar-refractivity contribution in [2.75, 3.05) is 6.54 Å². The number of fused-ring (bicyclic) bond motifs is 2. The molecular weight excluding hydrogens is 592 g/mol. The van der Waals surface area contributed by atoms with Crippen LogP contribution in [0.15, 0.2) is 60.9 Å². The fourth-order valence-corrected chi connectivity index (χ4v) is 5.32. The van der Waals surface area contributed by atoms with Crippen LogP contribution >= 0.6 is 0 Å². The summed E-state index contributed by atoms with van der Waals surface area (Å²) in [4.78, 5) is 70.2. The third-order valence-electron chi connectivity index (χ3n) is 7.79. The van der Waals surface area contributed by atoms with Crippen molar-refractivity contribution in [3.05, 3.63) is 72.1 Å². The van der Waals surface area contributed by atoms with Crippen molar-refractivity contribution in [1.82, 2.24) is 25.9 Å². The molecule has 4 unspecified atom stereocenters. The number of carboxylic acid groups (broad SMARTS) is 1. The van der Waals surface area contributed by atoms with Crippen LogP contribution in [0.4, 0.5) is 0 Å². The van der Waals surface area contributed by atoms with E-state index in [-0.39, 0.29) is 12.8 Å². The maximum atomic E-state index is 14.0. The lowest BCUT2D eigenvalue weighted by Crippen LogP contribution is -2.58. The van der Waals surface area contributed by atoms with Gasteiger partial charge in [-0.2, -0.15) is 0 Å². The minimum absolute atomic E-state index is 0.0309. The molecule has 0 saturated carbocycles. The van der Waals surface area contributed by atoms with Crippen molar-refractivity contribution in [3.8, 4) is 0 Å². The van der Waals surface area contributed by atoms with Gasteiger partial charge in [0.15, 0.2) is 0 Å². The van der Waals surface area contributed by atoms with Gasteiger partial charge < -0.3 is 48.2 Å². The number of carboxylic acids is 1. The van der Waals surface area contributed by atoms with Gasteiger partial charge in [0.2, 0.25) is 23.6 Å². The number of unbranched alkanes of at least 4 members (excludes halogenated alkanes) is 1. The lowest BCUT2D eigenvalue weighted by molar-refractivity contribution is -0.143. The average Bonchev–Trinajstić information content (AvgIpc) is 3.63. The zero-order chi connectivity index (χ0) is 33.2. The second kappa shape index (κ2) is 15.7. The molecule has 2 aromatic carbocycles. The Kier molecular flexibility index (Phi) is 11.5. The van der Waals surface area contributed by atoms with Gasteiger partial charge in [-0.15, -0.1) is 0 Å². The van der Waals surface area contributed by atoms with Crippen LogP contribution in [0.3, 0.4) is 0 Å². The molecule has 14 nitrogen and oxygen atoms in total. The fourth-order valence-electron chi connectivity index (χ4n) is 5.32. The highest BCUT2D eigenvalue weighted by atomic mass is 16.4. The van der Waals surface area contributed by atoms with Crippen LogP contribution in [-0.2, 0) is 36.8 Å². The zero-order valence-corrected chi connectivity index (χ0v) is 25.3. The number of hydrogen-bond acceptors (Lipinski definition) is 7. The van der Waals surface area contributed by atoms with Gasteiger partial charge >= 0.3 is 5.97 Å². The maximum Gasteiger partial charge on any atom is 0.326 e. The van der Waals surface area contributed by atoms with E-state index in [1.165, 1.54) is 0 Å². The highest BCUT2D eigenvalue weighted by Gasteiger charge is 2.32. The molecule has 46 heavy (non-hydrogen) atoms. The molecule has 4 atom stereocenters. The molecule has 4 amide bonds. The van der Waals surface area contributed by atoms with Crippen molar-refractivity contribution < 1.29 is 29.1 Å². The van der Waals surface area contributed by atoms with Gasteiger partial charge in [-0.05, 0) is 42.6 Å². The summed E-state index contributed by atoms with van der Waals surface area (Å²) in [5, 5.41) is 19.0. The summed E-state index contributed by atoms with van der Waals surface area (Å²) in [5.41, 5.74) is 20.0. The monoisotopic (exact) mass is 632 g/mol. The molecule has 0 aliphatic carbocycles. The molecule has 0 radical (unpaired) electrons. The van der Waals surface area contributed by atoms with Gasteiger partial charge in [-0.1, -0.05) is 42.8 Å². The summed E-state index contributed by atoms with van der Waals surface area (Å²) in [5.74, 6) is -4.45.